The lowest BCUT2D eigenvalue weighted by molar-refractivity contribution is -0.111. The first kappa shape index (κ1) is 8.85. The monoisotopic (exact) mass is 220 g/mol. The van der Waals surface area contributed by atoms with Crippen molar-refractivity contribution in [3.63, 3.8) is 0 Å². The van der Waals surface area contributed by atoms with E-state index < -0.39 is 0 Å². The second-order valence-corrected chi connectivity index (χ2v) is 4.68. The van der Waals surface area contributed by atoms with Crippen molar-refractivity contribution in [1.82, 2.24) is 0 Å². The molecular weight excluding hydrogens is 212 g/mol. The number of fused-ring (bicyclic) bond motifs is 2. The van der Waals surface area contributed by atoms with Crippen molar-refractivity contribution >= 4 is 28.7 Å². The fourth-order valence-corrected chi connectivity index (χ4v) is 2.91. The topological polar surface area (TPSA) is 43.4 Å². The minimum Gasteiger partial charge on any atom is -0.488 e. The van der Waals surface area contributed by atoms with E-state index in [0.29, 0.717) is 23.3 Å². The molecule has 0 radical (unpaired) electrons. The zero-order chi connectivity index (χ0) is 10.6. The minimum atomic E-state index is -0.389. The van der Waals surface area contributed by atoms with E-state index in [1.165, 1.54) is 11.3 Å². The Morgan fingerprint density at radius 2 is 2.20 bits per heavy atom. The average molecular weight is 220 g/mol. The van der Waals surface area contributed by atoms with E-state index in [-0.39, 0.29) is 17.7 Å². The number of rotatable bonds is 0. The van der Waals surface area contributed by atoms with Gasteiger partial charge in [0.25, 0.3) is 0 Å². The van der Waals surface area contributed by atoms with E-state index in [9.17, 15) is 9.59 Å². The molecule has 15 heavy (non-hydrogen) atoms. The molecule has 0 saturated carbocycles. The lowest BCUT2D eigenvalue weighted by Gasteiger charge is -2.11. The molecule has 0 spiro atoms. The molecular formula is C11H8O3S. The molecule has 2 heterocycles. The van der Waals surface area contributed by atoms with E-state index >= 15 is 0 Å². The highest BCUT2D eigenvalue weighted by molar-refractivity contribution is 7.11. The van der Waals surface area contributed by atoms with Crippen LogP contribution in [0, 0.1) is 0 Å². The van der Waals surface area contributed by atoms with Crippen LogP contribution >= 0.6 is 11.3 Å². The predicted molar refractivity (Wildman–Crippen MR) is 55.7 cm³/mol. The fourth-order valence-electron chi connectivity index (χ4n) is 2.00. The Hall–Kier alpha value is -1.42. The number of ether oxygens (including phenoxy) is 1. The molecule has 0 N–H and O–H groups in total. The van der Waals surface area contributed by atoms with E-state index in [1.54, 1.807) is 6.07 Å². The lowest BCUT2D eigenvalue weighted by Crippen LogP contribution is -2.20. The molecule has 4 heteroatoms. The van der Waals surface area contributed by atoms with Gasteiger partial charge in [0.2, 0.25) is 11.6 Å². The maximum atomic E-state index is 11.7. The number of hydrogen-bond acceptors (Lipinski definition) is 4. The summed E-state index contributed by atoms with van der Waals surface area (Å²) < 4.78 is 5.59. The molecule has 1 aliphatic carbocycles. The molecule has 3 rings (SSSR count). The molecule has 1 aliphatic heterocycles. The number of thiophene rings is 1. The van der Waals surface area contributed by atoms with Gasteiger partial charge in [0.1, 0.15) is 11.9 Å². The van der Waals surface area contributed by atoms with Crippen molar-refractivity contribution in [3.8, 4) is 0 Å². The molecule has 0 fully saturated rings. The largest absolute Gasteiger partial charge is 0.488 e. The fraction of sp³-hybridized carbons (Fsp3) is 0.273. The Kier molecular flexibility index (Phi) is 1.65. The molecule has 1 unspecified atom stereocenters. The highest BCUT2D eigenvalue weighted by Gasteiger charge is 2.39. The number of ketones is 2. The van der Waals surface area contributed by atoms with E-state index in [2.05, 4.69) is 0 Å². The van der Waals surface area contributed by atoms with Crippen LogP contribution in [0.4, 0.5) is 0 Å². The van der Waals surface area contributed by atoms with Crippen LogP contribution in [0.5, 0.6) is 0 Å². The highest BCUT2D eigenvalue weighted by Crippen LogP contribution is 2.41. The van der Waals surface area contributed by atoms with Crippen LogP contribution in [0.15, 0.2) is 17.0 Å². The summed E-state index contributed by atoms with van der Waals surface area (Å²) in [5.41, 5.74) is 1.06. The normalized spacial score (nSPS) is 23.9. The van der Waals surface area contributed by atoms with Crippen molar-refractivity contribution in [1.29, 1.82) is 0 Å². The van der Waals surface area contributed by atoms with E-state index in [1.807, 2.05) is 12.3 Å². The van der Waals surface area contributed by atoms with Gasteiger partial charge in [0.05, 0.1) is 10.5 Å². The molecule has 2 aliphatic rings. The lowest BCUT2D eigenvalue weighted by atomic mass is 9.93. The molecule has 0 saturated heterocycles. The molecule has 1 aromatic heterocycles. The summed E-state index contributed by atoms with van der Waals surface area (Å²) in [6.45, 7) is 1.91. The van der Waals surface area contributed by atoms with Crippen LogP contribution in [0.1, 0.15) is 28.6 Å². The second kappa shape index (κ2) is 2.79. The van der Waals surface area contributed by atoms with Crippen molar-refractivity contribution in [2.45, 2.75) is 19.4 Å². The first-order chi connectivity index (χ1) is 7.18. The Balaban J connectivity index is 2.24. The van der Waals surface area contributed by atoms with Gasteiger partial charge in [-0.05, 0) is 18.4 Å². The van der Waals surface area contributed by atoms with Gasteiger partial charge in [0, 0.05) is 12.0 Å². The number of hydrogen-bond donors (Lipinski definition) is 0. The summed E-state index contributed by atoms with van der Waals surface area (Å²) in [6.07, 6.45) is 0.553. The van der Waals surface area contributed by atoms with Gasteiger partial charge in [-0.15, -0.1) is 11.3 Å². The third-order valence-corrected chi connectivity index (χ3v) is 3.59. The van der Waals surface area contributed by atoms with Crippen molar-refractivity contribution in [2.75, 3.05) is 0 Å². The Labute approximate surface area is 90.4 Å². The van der Waals surface area contributed by atoms with Crippen LogP contribution in [0.2, 0.25) is 0 Å². The minimum absolute atomic E-state index is 0.000185. The van der Waals surface area contributed by atoms with Crippen molar-refractivity contribution in [3.05, 3.63) is 27.5 Å². The first-order valence-corrected chi connectivity index (χ1v) is 5.63. The summed E-state index contributed by atoms with van der Waals surface area (Å²) in [6, 6.07) is 1.69. The van der Waals surface area contributed by atoms with Gasteiger partial charge < -0.3 is 4.74 Å². The van der Waals surface area contributed by atoms with Gasteiger partial charge in [0.15, 0.2) is 0 Å². The molecule has 3 nitrogen and oxygen atoms in total. The van der Waals surface area contributed by atoms with Gasteiger partial charge in [-0.2, -0.15) is 0 Å². The van der Waals surface area contributed by atoms with Crippen LogP contribution < -0.4 is 0 Å². The average Bonchev–Trinajstić information content (AvgIpc) is 2.79. The van der Waals surface area contributed by atoms with Crippen molar-refractivity contribution < 1.29 is 14.3 Å². The molecule has 0 aromatic carbocycles. The Morgan fingerprint density at radius 3 is 3.00 bits per heavy atom. The van der Waals surface area contributed by atoms with Crippen LogP contribution in [-0.4, -0.2) is 17.7 Å². The standard InChI is InChI=1S/C11H8O3S/c1-5-4-7-9(13)8(12)6-2-3-15-11(6)10(7)14-5/h2-3,5H,4H2,1H3. The first-order valence-electron chi connectivity index (χ1n) is 4.75. The van der Waals surface area contributed by atoms with Crippen molar-refractivity contribution in [2.24, 2.45) is 0 Å². The molecule has 0 amide bonds. The van der Waals surface area contributed by atoms with Crippen LogP contribution in [-0.2, 0) is 9.53 Å². The summed E-state index contributed by atoms with van der Waals surface area (Å²) in [5.74, 6) is -0.139. The zero-order valence-corrected chi connectivity index (χ0v) is 8.89. The van der Waals surface area contributed by atoms with Gasteiger partial charge >= 0.3 is 0 Å². The SMILES string of the molecule is CC1CC2=C(O1)c1sccc1C(=O)C2=O. The summed E-state index contributed by atoms with van der Waals surface area (Å²) in [5, 5.41) is 1.82. The Bertz CT molecular complexity index is 510. The Morgan fingerprint density at radius 1 is 1.40 bits per heavy atom. The van der Waals surface area contributed by atoms with E-state index in [0.717, 1.165) is 4.88 Å². The third-order valence-electron chi connectivity index (χ3n) is 2.68. The summed E-state index contributed by atoms with van der Waals surface area (Å²) >= 11 is 1.45. The predicted octanol–water partition coefficient (Wildman–Crippen LogP) is 2.03. The molecule has 1 aromatic rings. The molecule has 1 atom stereocenters. The zero-order valence-electron chi connectivity index (χ0n) is 8.07. The van der Waals surface area contributed by atoms with Gasteiger partial charge in [-0.3, -0.25) is 9.59 Å². The second-order valence-electron chi connectivity index (χ2n) is 3.76. The maximum absolute atomic E-state index is 11.7. The number of carbonyl (C=O) groups excluding carboxylic acids is 2. The summed E-state index contributed by atoms with van der Waals surface area (Å²) in [7, 11) is 0. The number of carbonyl (C=O) groups is 2. The summed E-state index contributed by atoms with van der Waals surface area (Å²) in [4.78, 5) is 24.2. The number of Topliss-reactive ketones (excluding diaryl/α,β-unsaturated/α-hetero) is 2. The molecule has 76 valence electrons. The smallest absolute Gasteiger partial charge is 0.234 e. The van der Waals surface area contributed by atoms with Gasteiger partial charge in [-0.25, -0.2) is 0 Å². The highest BCUT2D eigenvalue weighted by atomic mass is 32.1. The van der Waals surface area contributed by atoms with Crippen LogP contribution in [0.25, 0.3) is 5.76 Å². The third kappa shape index (κ3) is 1.05. The maximum Gasteiger partial charge on any atom is 0.234 e. The van der Waals surface area contributed by atoms with Crippen LogP contribution in [0.3, 0.4) is 0 Å². The van der Waals surface area contributed by atoms with E-state index in [4.69, 9.17) is 4.74 Å². The quantitative estimate of drug-likeness (QED) is 0.628. The van der Waals surface area contributed by atoms with Gasteiger partial charge in [-0.1, -0.05) is 0 Å². The molecule has 0 bridgehead atoms.